The number of alkyl halides is 4. The number of cyclic esters (lactones) is 1. The van der Waals surface area contributed by atoms with Crippen LogP contribution in [0.1, 0.15) is 56.3 Å². The van der Waals surface area contributed by atoms with Gasteiger partial charge in [0.25, 0.3) is 0 Å². The number of amides is 3. The number of halogens is 4. The van der Waals surface area contributed by atoms with Gasteiger partial charge in [0.1, 0.15) is 24.3 Å². The van der Waals surface area contributed by atoms with Crippen molar-refractivity contribution in [2.45, 2.75) is 81.0 Å². The summed E-state index contributed by atoms with van der Waals surface area (Å²) >= 11 is 7.44. The van der Waals surface area contributed by atoms with Crippen LogP contribution in [0.3, 0.4) is 0 Å². The van der Waals surface area contributed by atoms with Crippen LogP contribution < -0.4 is 5.32 Å². The first-order valence-electron chi connectivity index (χ1n) is 16.2. The van der Waals surface area contributed by atoms with Gasteiger partial charge < -0.3 is 19.7 Å². The Morgan fingerprint density at radius 3 is 2.50 bits per heavy atom. The number of nitrogens with one attached hydrogen (secondary N) is 1. The van der Waals surface area contributed by atoms with Gasteiger partial charge in [0.05, 0.1) is 22.5 Å². The Balaban J connectivity index is 1.52. The maximum atomic E-state index is 14.4. The molecule has 3 amide bonds. The zero-order valence-electron chi connectivity index (χ0n) is 27.9. The topological polar surface area (TPSA) is 105 Å². The van der Waals surface area contributed by atoms with E-state index in [1.165, 1.54) is 21.9 Å². The first-order valence-corrected chi connectivity index (χ1v) is 16.6. The van der Waals surface area contributed by atoms with E-state index in [9.17, 15) is 32.3 Å². The number of hydrogen-bond donors (Lipinski definition) is 1. The second-order valence-electron chi connectivity index (χ2n) is 13.4. The second kappa shape index (κ2) is 14.3. The molecular formula is C37H39ClF3N3O6. The number of nitrogens with zero attached hydrogens (tertiary/aromatic N) is 2. The van der Waals surface area contributed by atoms with Gasteiger partial charge in [0, 0.05) is 18.9 Å². The molecule has 13 heteroatoms. The molecule has 2 aromatic rings. The standard InChI is InChI=1S/C37H39ClF3N3O6/c1-5-25-15-9-10-19-36(25,38)31-30(43-28(22-49-34(43)48)24-13-7-6-8-14-24)33(47)44(31)27(17-18-29(45)50-35(2,3)4)32(46)42-21-23-12-11-16-26(20-23)37(39,40)41/h5-16,19-20,25,27-28,30-31H,1,17-18,21-22H2,2-4H3,(H,42,46)/t25?,27-,28+,30-,31+,36?/m0/s1. The van der Waals surface area contributed by atoms with Crippen molar-refractivity contribution in [1.82, 2.24) is 15.1 Å². The number of hydrogen-bond acceptors (Lipinski definition) is 6. The van der Waals surface area contributed by atoms with Crippen molar-refractivity contribution in [3.8, 4) is 0 Å². The molecule has 6 atom stereocenters. The van der Waals surface area contributed by atoms with Crippen molar-refractivity contribution >= 4 is 35.5 Å². The molecule has 0 spiro atoms. The molecule has 1 aliphatic carbocycles. The Bertz CT molecular complexity index is 1690. The largest absolute Gasteiger partial charge is 0.460 e. The number of likely N-dealkylation sites (tertiary alicyclic amines) is 1. The summed E-state index contributed by atoms with van der Waals surface area (Å²) < 4.78 is 51.1. The van der Waals surface area contributed by atoms with Crippen LogP contribution in [0, 0.1) is 5.92 Å². The molecule has 0 aromatic heterocycles. The molecule has 2 aromatic carbocycles. The molecule has 2 aliphatic heterocycles. The van der Waals surface area contributed by atoms with Gasteiger partial charge in [-0.3, -0.25) is 19.3 Å². The molecule has 0 saturated carbocycles. The van der Waals surface area contributed by atoms with Gasteiger partial charge >= 0.3 is 18.2 Å². The van der Waals surface area contributed by atoms with E-state index in [4.69, 9.17) is 21.1 Å². The van der Waals surface area contributed by atoms with Crippen molar-refractivity contribution in [3.63, 3.8) is 0 Å². The van der Waals surface area contributed by atoms with Gasteiger partial charge in [-0.05, 0) is 50.5 Å². The predicted octanol–water partition coefficient (Wildman–Crippen LogP) is 6.49. The molecule has 5 rings (SSSR count). The molecular weight excluding hydrogens is 675 g/mol. The lowest BCUT2D eigenvalue weighted by Crippen LogP contribution is -2.80. The third kappa shape index (κ3) is 7.60. The highest BCUT2D eigenvalue weighted by Gasteiger charge is 2.65. The summed E-state index contributed by atoms with van der Waals surface area (Å²) in [5.74, 6) is -2.50. The van der Waals surface area contributed by atoms with Crippen molar-refractivity contribution in [1.29, 1.82) is 0 Å². The zero-order chi connectivity index (χ0) is 36.4. The lowest BCUT2D eigenvalue weighted by atomic mass is 9.72. The second-order valence-corrected chi connectivity index (χ2v) is 14.1. The van der Waals surface area contributed by atoms with E-state index in [-0.39, 0.29) is 31.6 Å². The quantitative estimate of drug-likeness (QED) is 0.124. The fraction of sp³-hybridized carbons (Fsp3) is 0.405. The van der Waals surface area contributed by atoms with Gasteiger partial charge in [-0.1, -0.05) is 72.8 Å². The zero-order valence-corrected chi connectivity index (χ0v) is 28.6. The summed E-state index contributed by atoms with van der Waals surface area (Å²) in [6, 6.07) is 9.40. The average Bonchev–Trinajstić information content (AvgIpc) is 3.43. The number of benzene rings is 2. The number of carbonyl (C=O) groups is 4. The molecule has 266 valence electrons. The lowest BCUT2D eigenvalue weighted by molar-refractivity contribution is -0.170. The van der Waals surface area contributed by atoms with E-state index < -0.39 is 76.2 Å². The van der Waals surface area contributed by atoms with E-state index in [0.717, 1.165) is 17.7 Å². The molecule has 1 N–H and O–H groups in total. The smallest absolute Gasteiger partial charge is 0.416 e. The monoisotopic (exact) mass is 713 g/mol. The SMILES string of the molecule is C=CC1C=CC=CC1(Cl)[C@H]1[C@H](N2C(=O)OC[C@@H]2c2ccccc2)C(=O)N1[C@@H](CCC(=O)OC(C)(C)C)C(=O)NCc1cccc(C(F)(F)F)c1. The number of β-lactam (4-membered cyclic amide) rings is 1. The van der Waals surface area contributed by atoms with Gasteiger partial charge in [-0.15, -0.1) is 18.2 Å². The minimum Gasteiger partial charge on any atom is -0.460 e. The van der Waals surface area contributed by atoms with Crippen LogP contribution in [0.15, 0.2) is 91.6 Å². The van der Waals surface area contributed by atoms with Crippen LogP contribution in [0.25, 0.3) is 0 Å². The Labute approximate surface area is 293 Å². The highest BCUT2D eigenvalue weighted by Crippen LogP contribution is 2.49. The number of carbonyl (C=O) groups excluding carboxylic acids is 4. The highest BCUT2D eigenvalue weighted by molar-refractivity contribution is 6.27. The molecule has 0 radical (unpaired) electrons. The number of rotatable bonds is 11. The van der Waals surface area contributed by atoms with Gasteiger partial charge in [-0.2, -0.15) is 13.2 Å². The fourth-order valence-corrected chi connectivity index (χ4v) is 7.11. The van der Waals surface area contributed by atoms with Gasteiger partial charge in [0.2, 0.25) is 11.8 Å². The molecule has 2 fully saturated rings. The van der Waals surface area contributed by atoms with Crippen LogP contribution >= 0.6 is 11.6 Å². The Morgan fingerprint density at radius 2 is 1.84 bits per heavy atom. The maximum absolute atomic E-state index is 14.4. The molecule has 2 unspecified atom stereocenters. The van der Waals surface area contributed by atoms with E-state index in [1.54, 1.807) is 63.3 Å². The van der Waals surface area contributed by atoms with E-state index >= 15 is 0 Å². The first kappa shape index (κ1) is 36.7. The molecule has 50 heavy (non-hydrogen) atoms. The average molecular weight is 714 g/mol. The summed E-state index contributed by atoms with van der Waals surface area (Å²) in [6.45, 7) is 8.69. The van der Waals surface area contributed by atoms with Crippen LogP contribution in [0.2, 0.25) is 0 Å². The number of esters is 1. The highest BCUT2D eigenvalue weighted by atomic mass is 35.5. The summed E-state index contributed by atoms with van der Waals surface area (Å²) in [6.07, 6.45) is 2.76. The maximum Gasteiger partial charge on any atom is 0.416 e. The Morgan fingerprint density at radius 1 is 1.12 bits per heavy atom. The van der Waals surface area contributed by atoms with Gasteiger partial charge in [-0.25, -0.2) is 4.79 Å². The summed E-state index contributed by atoms with van der Waals surface area (Å²) in [4.78, 5) is 56.0. The van der Waals surface area contributed by atoms with E-state index in [2.05, 4.69) is 11.9 Å². The van der Waals surface area contributed by atoms with Crippen LogP contribution in [0.4, 0.5) is 18.0 Å². The van der Waals surface area contributed by atoms with Crippen molar-refractivity contribution in [2.75, 3.05) is 6.61 Å². The van der Waals surface area contributed by atoms with Gasteiger partial charge in [0.15, 0.2) is 0 Å². The summed E-state index contributed by atoms with van der Waals surface area (Å²) in [5.41, 5.74) is -0.798. The van der Waals surface area contributed by atoms with Crippen LogP contribution in [0.5, 0.6) is 0 Å². The van der Waals surface area contributed by atoms with Crippen LogP contribution in [-0.2, 0) is 36.6 Å². The normalized spacial score (nSPS) is 25.5. The van der Waals surface area contributed by atoms with E-state index in [1.807, 2.05) is 18.2 Å². The molecule has 9 nitrogen and oxygen atoms in total. The lowest BCUT2D eigenvalue weighted by Gasteiger charge is -2.59. The molecule has 2 heterocycles. The minimum atomic E-state index is -4.59. The first-order chi connectivity index (χ1) is 23.5. The van der Waals surface area contributed by atoms with Crippen molar-refractivity contribution < 1.29 is 41.8 Å². The Kier molecular flexibility index (Phi) is 10.5. The van der Waals surface area contributed by atoms with Crippen molar-refractivity contribution in [3.05, 3.63) is 108 Å². The summed E-state index contributed by atoms with van der Waals surface area (Å²) in [5, 5.41) is 2.66. The number of allylic oxidation sites excluding steroid dienone is 4. The third-order valence-corrected chi connectivity index (χ3v) is 9.50. The number of ether oxygens (including phenoxy) is 2. The minimum absolute atomic E-state index is 0.0190. The third-order valence-electron chi connectivity index (χ3n) is 8.90. The molecule has 3 aliphatic rings. The molecule has 0 bridgehead atoms. The fourth-order valence-electron chi connectivity index (χ4n) is 6.65. The summed E-state index contributed by atoms with van der Waals surface area (Å²) in [7, 11) is 0. The van der Waals surface area contributed by atoms with Crippen LogP contribution in [-0.4, -0.2) is 68.9 Å². The predicted molar refractivity (Wildman–Crippen MR) is 180 cm³/mol. The van der Waals surface area contributed by atoms with Crippen molar-refractivity contribution in [2.24, 2.45) is 5.92 Å². The van der Waals surface area contributed by atoms with E-state index in [0.29, 0.717) is 0 Å². The Hall–Kier alpha value is -4.58. The molecule has 2 saturated heterocycles.